The van der Waals surface area contributed by atoms with Crippen LogP contribution >= 0.6 is 7.77 Å². The van der Waals surface area contributed by atoms with Crippen LogP contribution < -0.4 is 15.5 Å². The van der Waals surface area contributed by atoms with E-state index in [1.807, 2.05) is 6.07 Å². The molecule has 2 aromatic rings. The minimum Gasteiger partial charge on any atom is -0.626 e. The zero-order valence-electron chi connectivity index (χ0n) is 11.5. The number of carbonyl (C=O) groups is 1. The van der Waals surface area contributed by atoms with Gasteiger partial charge in [0.05, 0.1) is 26.6 Å². The summed E-state index contributed by atoms with van der Waals surface area (Å²) < 4.78 is 13.5. The molecule has 0 bridgehead atoms. The highest BCUT2D eigenvalue weighted by atomic mass is 31.1. The van der Waals surface area contributed by atoms with Crippen molar-refractivity contribution >= 4 is 31.0 Å². The number of amides is 1. The van der Waals surface area contributed by atoms with Gasteiger partial charge < -0.3 is 10.2 Å². The lowest BCUT2D eigenvalue weighted by Gasteiger charge is -2.07. The van der Waals surface area contributed by atoms with Crippen molar-refractivity contribution in [1.82, 2.24) is 0 Å². The number of benzene rings is 2. The Balaban J connectivity index is 2.22. The van der Waals surface area contributed by atoms with E-state index in [-0.39, 0.29) is 12.0 Å². The molecule has 110 valence electrons. The second-order valence-corrected chi connectivity index (χ2v) is 5.80. The molecule has 6 heteroatoms. The summed E-state index contributed by atoms with van der Waals surface area (Å²) in [7, 11) is -1.78. The molecule has 2 aromatic carbocycles. The fourth-order valence-corrected chi connectivity index (χ4v) is 2.41. The highest BCUT2D eigenvalue weighted by Gasteiger charge is 2.11. The Morgan fingerprint density at radius 3 is 2.82 bits per heavy atom. The van der Waals surface area contributed by atoms with Crippen molar-refractivity contribution in [2.24, 2.45) is 0 Å². The number of halogens is 1. The maximum Gasteiger partial charge on any atom is 0.255 e. The van der Waals surface area contributed by atoms with Crippen molar-refractivity contribution in [2.75, 3.05) is 5.32 Å². The summed E-state index contributed by atoms with van der Waals surface area (Å²) in [6, 6.07) is 12.2. The van der Waals surface area contributed by atoms with Gasteiger partial charge in [-0.3, -0.25) is 4.79 Å². The molecule has 1 amide bonds. The lowest BCUT2D eigenvalue weighted by atomic mass is 10.1. The molecule has 0 aromatic heterocycles. The molecule has 1 N–H and O–H groups in total. The van der Waals surface area contributed by atoms with Gasteiger partial charge in [0.1, 0.15) is 11.1 Å². The van der Waals surface area contributed by atoms with E-state index in [0.717, 1.165) is 0 Å². The van der Waals surface area contributed by atoms with Crippen LogP contribution in [0.4, 0.5) is 10.1 Å². The van der Waals surface area contributed by atoms with Crippen LogP contribution in [0, 0.1) is 17.1 Å². The molecule has 2 rings (SSSR count). The number of nitriles is 1. The predicted molar refractivity (Wildman–Crippen MR) is 83.8 cm³/mol. The van der Waals surface area contributed by atoms with E-state index in [1.54, 1.807) is 18.2 Å². The quantitative estimate of drug-likeness (QED) is 0.877. The Morgan fingerprint density at radius 2 is 2.14 bits per heavy atom. The van der Waals surface area contributed by atoms with Crippen LogP contribution in [0.25, 0.3) is 0 Å². The van der Waals surface area contributed by atoms with E-state index in [2.05, 4.69) is 11.6 Å². The molecule has 1 unspecified atom stereocenters. The number of rotatable bonds is 4. The Bertz CT molecular complexity index is 784. The molecular weight excluding hydrogens is 302 g/mol. The summed E-state index contributed by atoms with van der Waals surface area (Å²) in [5.74, 6) is -0.899. The van der Waals surface area contributed by atoms with Crippen molar-refractivity contribution in [2.45, 2.75) is 6.42 Å². The molecule has 0 spiro atoms. The third-order valence-corrected chi connectivity index (χ3v) is 3.82. The molecule has 0 fully saturated rings. The average molecular weight is 314 g/mol. The van der Waals surface area contributed by atoms with Gasteiger partial charge in [-0.1, -0.05) is 6.07 Å². The summed E-state index contributed by atoms with van der Waals surface area (Å²) in [5.41, 5.74) is 0.937. The van der Waals surface area contributed by atoms with E-state index >= 15 is 0 Å². The molecule has 0 aliphatic heterocycles. The second-order valence-electron chi connectivity index (χ2n) is 4.52. The first-order valence-corrected chi connectivity index (χ1v) is 7.80. The average Bonchev–Trinajstić information content (AvgIpc) is 2.51. The predicted octanol–water partition coefficient (Wildman–Crippen LogP) is 1.96. The van der Waals surface area contributed by atoms with Crippen LogP contribution in [0.1, 0.15) is 15.9 Å². The van der Waals surface area contributed by atoms with Crippen molar-refractivity contribution in [3.63, 3.8) is 0 Å². The zero-order valence-corrected chi connectivity index (χ0v) is 12.4. The summed E-state index contributed by atoms with van der Waals surface area (Å²) in [6.45, 7) is 0. The minimum absolute atomic E-state index is 0.0764. The maximum absolute atomic E-state index is 13.5. The largest absolute Gasteiger partial charge is 0.626 e. The van der Waals surface area contributed by atoms with Gasteiger partial charge in [-0.15, -0.1) is 0 Å². The van der Waals surface area contributed by atoms with Crippen LogP contribution in [0.5, 0.6) is 0 Å². The van der Waals surface area contributed by atoms with Crippen molar-refractivity contribution < 1.29 is 14.1 Å². The SMILES string of the molecule is C=[P+]([O-])c1cccc(C(=O)Nc2ccc(F)c(CC#N)c2)c1. The Hall–Kier alpha value is -2.54. The molecule has 22 heavy (non-hydrogen) atoms. The summed E-state index contributed by atoms with van der Waals surface area (Å²) in [5, 5.41) is 11.7. The summed E-state index contributed by atoms with van der Waals surface area (Å²) >= 11 is 0. The summed E-state index contributed by atoms with van der Waals surface area (Å²) in [6.07, 6.45) is 3.36. The van der Waals surface area contributed by atoms with Crippen LogP contribution in [0.15, 0.2) is 42.5 Å². The molecule has 0 saturated carbocycles. The molecular formula is C16H12FN2O2P. The first kappa shape index (κ1) is 15.8. The number of anilines is 1. The lowest BCUT2D eigenvalue weighted by Crippen LogP contribution is -2.15. The third kappa shape index (κ3) is 3.76. The van der Waals surface area contributed by atoms with Gasteiger partial charge >= 0.3 is 0 Å². The molecule has 0 aliphatic carbocycles. The number of nitrogens with one attached hydrogen (secondary N) is 1. The van der Waals surface area contributed by atoms with Crippen LogP contribution in [-0.2, 0) is 6.42 Å². The van der Waals surface area contributed by atoms with Crippen molar-refractivity contribution in [3.05, 3.63) is 59.4 Å². The van der Waals surface area contributed by atoms with Crippen LogP contribution in [0.2, 0.25) is 0 Å². The highest BCUT2D eigenvalue weighted by molar-refractivity contribution is 7.56. The van der Waals surface area contributed by atoms with Crippen molar-refractivity contribution in [3.8, 4) is 6.07 Å². The van der Waals surface area contributed by atoms with E-state index in [4.69, 9.17) is 5.26 Å². The first-order valence-electron chi connectivity index (χ1n) is 6.36. The summed E-state index contributed by atoms with van der Waals surface area (Å²) in [4.78, 5) is 23.5. The van der Waals surface area contributed by atoms with Gasteiger partial charge in [-0.25, -0.2) is 4.39 Å². The Labute approximate surface area is 128 Å². The number of carbonyl (C=O) groups excluding carboxylic acids is 1. The Kier molecular flexibility index (Phi) is 5.00. The van der Waals surface area contributed by atoms with E-state index in [0.29, 0.717) is 16.6 Å². The fraction of sp³-hybridized carbons (Fsp3) is 0.0625. The van der Waals surface area contributed by atoms with E-state index in [1.165, 1.54) is 24.3 Å². The molecule has 4 nitrogen and oxygen atoms in total. The van der Waals surface area contributed by atoms with Crippen molar-refractivity contribution in [1.29, 1.82) is 5.26 Å². The van der Waals surface area contributed by atoms with Gasteiger partial charge in [0.25, 0.3) is 5.91 Å². The zero-order chi connectivity index (χ0) is 16.1. The van der Waals surface area contributed by atoms with Gasteiger partial charge in [0.15, 0.2) is 0 Å². The maximum atomic E-state index is 13.5. The monoisotopic (exact) mass is 314 g/mol. The van der Waals surface area contributed by atoms with Gasteiger partial charge in [0.2, 0.25) is 0 Å². The Morgan fingerprint density at radius 1 is 1.36 bits per heavy atom. The molecule has 0 radical (unpaired) electrons. The minimum atomic E-state index is -1.78. The number of nitrogens with zero attached hydrogens (tertiary/aromatic N) is 1. The van der Waals surface area contributed by atoms with Crippen LogP contribution in [0.3, 0.4) is 0 Å². The topological polar surface area (TPSA) is 75.9 Å². The molecule has 1 atom stereocenters. The van der Waals surface area contributed by atoms with Gasteiger partial charge in [-0.05, 0) is 30.3 Å². The fourth-order valence-electron chi connectivity index (χ4n) is 1.88. The normalized spacial score (nSPS) is 10.7. The lowest BCUT2D eigenvalue weighted by molar-refractivity contribution is -0.149. The first-order chi connectivity index (χ1) is 10.5. The number of hydrogen-bond donors (Lipinski definition) is 1. The molecule has 0 aliphatic rings. The smallest absolute Gasteiger partial charge is 0.255 e. The third-order valence-electron chi connectivity index (χ3n) is 2.97. The van der Waals surface area contributed by atoms with Gasteiger partial charge in [0, 0.05) is 22.9 Å². The molecule has 0 saturated heterocycles. The van der Waals surface area contributed by atoms with E-state index < -0.39 is 19.5 Å². The van der Waals surface area contributed by atoms with Gasteiger partial charge in [-0.2, -0.15) is 5.26 Å². The van der Waals surface area contributed by atoms with E-state index in [9.17, 15) is 14.1 Å². The van der Waals surface area contributed by atoms with Crippen LogP contribution in [-0.4, -0.2) is 12.2 Å². The molecule has 0 heterocycles. The highest BCUT2D eigenvalue weighted by Crippen LogP contribution is 2.17. The number of hydrogen-bond acceptors (Lipinski definition) is 3. The standard InChI is InChI=1S/C16H12FN2O2P/c1-22(21)14-4-2-3-12(10-14)16(20)19-13-5-6-15(17)11(9-13)7-8-18/h2-6,9-10H,1,7H2,(H,19,20). The second kappa shape index (κ2) is 6.95.